The number of anilines is 1. The molecule has 0 unspecified atom stereocenters. The third-order valence-corrected chi connectivity index (χ3v) is 2.50. The molecule has 0 bridgehead atoms. The summed E-state index contributed by atoms with van der Waals surface area (Å²) < 4.78 is 17.9. The number of amides is 1. The Morgan fingerprint density at radius 2 is 2.22 bits per heavy atom. The predicted molar refractivity (Wildman–Crippen MR) is 62.8 cm³/mol. The monoisotopic (exact) mass is 264 g/mol. The minimum absolute atomic E-state index is 0.0323. The van der Waals surface area contributed by atoms with Crippen molar-refractivity contribution in [1.29, 1.82) is 5.26 Å². The van der Waals surface area contributed by atoms with Crippen LogP contribution in [0.4, 0.5) is 10.1 Å². The third-order valence-electron chi connectivity index (χ3n) is 2.21. The molecule has 6 heteroatoms. The summed E-state index contributed by atoms with van der Waals surface area (Å²) in [5, 5.41) is 11.1. The van der Waals surface area contributed by atoms with Crippen LogP contribution >= 0.6 is 11.6 Å². The number of nitriles is 1. The summed E-state index contributed by atoms with van der Waals surface area (Å²) in [5.74, 6) is -1.14. The molecule has 0 aliphatic heterocycles. The Labute approximate surface area is 107 Å². The molecule has 2 rings (SSSR count). The second-order valence-corrected chi connectivity index (χ2v) is 3.71. The van der Waals surface area contributed by atoms with E-state index < -0.39 is 11.7 Å². The maximum atomic E-state index is 13.1. The van der Waals surface area contributed by atoms with Crippen molar-refractivity contribution in [3.63, 3.8) is 0 Å². The van der Waals surface area contributed by atoms with E-state index in [-0.39, 0.29) is 16.3 Å². The lowest BCUT2D eigenvalue weighted by Gasteiger charge is -2.04. The number of halogens is 2. The Balaban J connectivity index is 2.23. The molecule has 18 heavy (non-hydrogen) atoms. The highest BCUT2D eigenvalue weighted by Crippen LogP contribution is 2.19. The summed E-state index contributed by atoms with van der Waals surface area (Å²) in [6, 6.07) is 6.78. The molecule has 1 aromatic carbocycles. The quantitative estimate of drug-likeness (QED) is 0.906. The van der Waals surface area contributed by atoms with Crippen molar-refractivity contribution in [2.75, 3.05) is 5.32 Å². The lowest BCUT2D eigenvalue weighted by atomic mass is 10.2. The molecule has 0 radical (unpaired) electrons. The molecule has 0 spiro atoms. The first-order chi connectivity index (χ1) is 8.61. The van der Waals surface area contributed by atoms with Crippen LogP contribution in [0.25, 0.3) is 0 Å². The largest absolute Gasteiger partial charge is 0.452 e. The smallest absolute Gasteiger partial charge is 0.260 e. The number of carbonyl (C=O) groups is 1. The standard InChI is InChI=1S/C12H6ClFN2O2/c13-11-9(3-4-18-11)12(17)16-8-1-2-10(14)7(5-8)6-15/h1-5H,(H,16,17). The van der Waals surface area contributed by atoms with E-state index in [1.807, 2.05) is 0 Å². The topological polar surface area (TPSA) is 66.0 Å². The molecule has 4 nitrogen and oxygen atoms in total. The lowest BCUT2D eigenvalue weighted by Crippen LogP contribution is -2.11. The first-order valence-electron chi connectivity index (χ1n) is 4.86. The fourth-order valence-corrected chi connectivity index (χ4v) is 1.54. The Morgan fingerprint density at radius 1 is 1.44 bits per heavy atom. The van der Waals surface area contributed by atoms with Crippen LogP contribution in [0.5, 0.6) is 0 Å². The first kappa shape index (κ1) is 12.1. The van der Waals surface area contributed by atoms with Gasteiger partial charge in [-0.15, -0.1) is 0 Å². The van der Waals surface area contributed by atoms with Gasteiger partial charge in [0, 0.05) is 5.69 Å². The summed E-state index contributed by atoms with van der Waals surface area (Å²) in [7, 11) is 0. The number of nitrogens with one attached hydrogen (secondary N) is 1. The zero-order valence-corrected chi connectivity index (χ0v) is 9.66. The molecular formula is C12H6ClFN2O2. The van der Waals surface area contributed by atoms with Gasteiger partial charge in [0.15, 0.2) is 0 Å². The van der Waals surface area contributed by atoms with Crippen molar-refractivity contribution < 1.29 is 13.6 Å². The number of hydrogen-bond donors (Lipinski definition) is 1. The number of carbonyl (C=O) groups excluding carboxylic acids is 1. The number of rotatable bonds is 2. The zero-order valence-electron chi connectivity index (χ0n) is 8.91. The van der Waals surface area contributed by atoms with Crippen LogP contribution in [-0.4, -0.2) is 5.91 Å². The Bertz CT molecular complexity index is 646. The van der Waals surface area contributed by atoms with E-state index in [1.54, 1.807) is 6.07 Å². The fourth-order valence-electron chi connectivity index (χ4n) is 1.34. The van der Waals surface area contributed by atoms with Gasteiger partial charge in [-0.3, -0.25) is 4.79 Å². The second kappa shape index (κ2) is 4.90. The fraction of sp³-hybridized carbons (Fsp3) is 0. The van der Waals surface area contributed by atoms with E-state index in [2.05, 4.69) is 5.32 Å². The average molecular weight is 265 g/mol. The summed E-state index contributed by atoms with van der Waals surface area (Å²) in [4.78, 5) is 11.7. The van der Waals surface area contributed by atoms with Crippen molar-refractivity contribution in [2.45, 2.75) is 0 Å². The number of nitrogens with zero attached hydrogens (tertiary/aromatic N) is 1. The summed E-state index contributed by atoms with van der Waals surface area (Å²) in [6.07, 6.45) is 1.28. The summed E-state index contributed by atoms with van der Waals surface area (Å²) >= 11 is 5.64. The molecule has 0 fully saturated rings. The molecule has 1 N–H and O–H groups in total. The number of benzene rings is 1. The van der Waals surface area contributed by atoms with Gasteiger partial charge in [-0.1, -0.05) is 0 Å². The van der Waals surface area contributed by atoms with E-state index in [0.29, 0.717) is 5.69 Å². The maximum Gasteiger partial charge on any atom is 0.260 e. The first-order valence-corrected chi connectivity index (χ1v) is 5.23. The van der Waals surface area contributed by atoms with Crippen LogP contribution in [0.15, 0.2) is 34.9 Å². The van der Waals surface area contributed by atoms with Crippen LogP contribution in [0.1, 0.15) is 15.9 Å². The highest BCUT2D eigenvalue weighted by Gasteiger charge is 2.13. The van der Waals surface area contributed by atoms with Gasteiger partial charge in [-0.05, 0) is 35.9 Å². The Kier molecular flexibility index (Phi) is 3.31. The molecule has 0 aliphatic carbocycles. The van der Waals surface area contributed by atoms with Crippen LogP contribution in [0, 0.1) is 17.1 Å². The van der Waals surface area contributed by atoms with Crippen molar-refractivity contribution in [3.05, 3.63) is 52.7 Å². The molecule has 0 atom stereocenters. The zero-order chi connectivity index (χ0) is 13.1. The maximum absolute atomic E-state index is 13.1. The summed E-state index contributed by atoms with van der Waals surface area (Å²) in [6.45, 7) is 0. The van der Waals surface area contributed by atoms with Crippen LogP contribution in [0.3, 0.4) is 0 Å². The van der Waals surface area contributed by atoms with Gasteiger partial charge in [0.1, 0.15) is 11.9 Å². The van der Waals surface area contributed by atoms with E-state index in [9.17, 15) is 9.18 Å². The number of hydrogen-bond acceptors (Lipinski definition) is 3. The van der Waals surface area contributed by atoms with E-state index in [1.165, 1.54) is 24.5 Å². The van der Waals surface area contributed by atoms with E-state index in [4.69, 9.17) is 21.3 Å². The number of furan rings is 1. The van der Waals surface area contributed by atoms with Crippen LogP contribution in [-0.2, 0) is 0 Å². The third kappa shape index (κ3) is 2.34. The lowest BCUT2D eigenvalue weighted by molar-refractivity contribution is 0.102. The van der Waals surface area contributed by atoms with Gasteiger partial charge < -0.3 is 9.73 Å². The second-order valence-electron chi connectivity index (χ2n) is 3.37. The van der Waals surface area contributed by atoms with Crippen molar-refractivity contribution in [2.24, 2.45) is 0 Å². The summed E-state index contributed by atoms with van der Waals surface area (Å²) in [5.41, 5.74) is 0.320. The SMILES string of the molecule is N#Cc1cc(NC(=O)c2ccoc2Cl)ccc1F. The molecule has 1 amide bonds. The Morgan fingerprint density at radius 3 is 2.83 bits per heavy atom. The Hall–Kier alpha value is -2.32. The molecule has 1 heterocycles. The molecule has 1 aromatic heterocycles. The normalized spacial score (nSPS) is 9.83. The molecular weight excluding hydrogens is 259 g/mol. The van der Waals surface area contributed by atoms with Gasteiger partial charge in [0.05, 0.1) is 17.4 Å². The van der Waals surface area contributed by atoms with Crippen molar-refractivity contribution in [3.8, 4) is 6.07 Å². The van der Waals surface area contributed by atoms with Gasteiger partial charge in [0.25, 0.3) is 5.91 Å². The molecule has 90 valence electrons. The van der Waals surface area contributed by atoms with Gasteiger partial charge in [0.2, 0.25) is 5.22 Å². The van der Waals surface area contributed by atoms with E-state index >= 15 is 0 Å². The molecule has 0 aliphatic rings. The highest BCUT2D eigenvalue weighted by molar-refractivity contribution is 6.32. The molecule has 0 saturated carbocycles. The van der Waals surface area contributed by atoms with E-state index in [0.717, 1.165) is 6.07 Å². The van der Waals surface area contributed by atoms with Crippen molar-refractivity contribution in [1.82, 2.24) is 0 Å². The van der Waals surface area contributed by atoms with Gasteiger partial charge >= 0.3 is 0 Å². The van der Waals surface area contributed by atoms with Crippen molar-refractivity contribution >= 4 is 23.2 Å². The average Bonchev–Trinajstić information content (AvgIpc) is 2.78. The molecule has 0 saturated heterocycles. The molecule has 2 aromatic rings. The van der Waals surface area contributed by atoms with Crippen LogP contribution in [0.2, 0.25) is 5.22 Å². The minimum atomic E-state index is -0.642. The van der Waals surface area contributed by atoms with Crippen LogP contribution < -0.4 is 5.32 Å². The minimum Gasteiger partial charge on any atom is -0.452 e. The van der Waals surface area contributed by atoms with Gasteiger partial charge in [-0.25, -0.2) is 4.39 Å². The predicted octanol–water partition coefficient (Wildman–Crippen LogP) is 3.20. The highest BCUT2D eigenvalue weighted by atomic mass is 35.5. The van der Waals surface area contributed by atoms with Gasteiger partial charge in [-0.2, -0.15) is 5.26 Å².